The van der Waals surface area contributed by atoms with E-state index in [0.717, 1.165) is 6.07 Å². The summed E-state index contributed by atoms with van der Waals surface area (Å²) in [5, 5.41) is 11.3. The van der Waals surface area contributed by atoms with Crippen LogP contribution in [0.4, 0.5) is 10.1 Å². The number of halogens is 1. The number of carboxylic acids is 1. The van der Waals surface area contributed by atoms with E-state index < -0.39 is 17.3 Å². The molecule has 98 valence electrons. The van der Waals surface area contributed by atoms with Crippen molar-refractivity contribution in [1.82, 2.24) is 4.90 Å². The molecule has 0 aliphatic carbocycles. The lowest BCUT2D eigenvalue weighted by Gasteiger charge is -2.11. The van der Waals surface area contributed by atoms with Gasteiger partial charge in [0.2, 0.25) is 5.91 Å². The lowest BCUT2D eigenvalue weighted by atomic mass is 10.1. The third-order valence-corrected chi connectivity index (χ3v) is 2.29. The van der Waals surface area contributed by atoms with E-state index >= 15 is 0 Å². The standard InChI is InChI=1S/C12H15FN2O3/c1-15(2)7-6-10(16)14-9-5-3-4-8(13)11(9)12(17)18/h3-5H,6-7H2,1-2H3,(H,14,16)(H,17,18). The van der Waals surface area contributed by atoms with Crippen LogP contribution in [0.3, 0.4) is 0 Å². The van der Waals surface area contributed by atoms with Crippen LogP contribution in [-0.2, 0) is 4.79 Å². The normalized spacial score (nSPS) is 10.4. The second-order valence-electron chi connectivity index (χ2n) is 4.07. The second kappa shape index (κ2) is 6.11. The van der Waals surface area contributed by atoms with Crippen LogP contribution in [-0.4, -0.2) is 42.5 Å². The summed E-state index contributed by atoms with van der Waals surface area (Å²) < 4.78 is 13.3. The number of rotatable bonds is 5. The maximum absolute atomic E-state index is 13.3. The third kappa shape index (κ3) is 3.81. The smallest absolute Gasteiger partial charge is 0.340 e. The Kier molecular flexibility index (Phi) is 4.79. The van der Waals surface area contributed by atoms with E-state index in [-0.39, 0.29) is 18.0 Å². The molecular formula is C12H15FN2O3. The van der Waals surface area contributed by atoms with Crippen LogP contribution in [0.1, 0.15) is 16.8 Å². The topological polar surface area (TPSA) is 69.6 Å². The third-order valence-electron chi connectivity index (χ3n) is 2.29. The van der Waals surface area contributed by atoms with Crippen LogP contribution >= 0.6 is 0 Å². The van der Waals surface area contributed by atoms with E-state index in [1.165, 1.54) is 12.1 Å². The first kappa shape index (κ1) is 14.1. The Balaban J connectivity index is 2.81. The van der Waals surface area contributed by atoms with Crippen molar-refractivity contribution in [2.45, 2.75) is 6.42 Å². The molecular weight excluding hydrogens is 239 g/mol. The molecule has 1 amide bonds. The highest BCUT2D eigenvalue weighted by Gasteiger charge is 2.17. The van der Waals surface area contributed by atoms with Crippen LogP contribution in [0.15, 0.2) is 18.2 Å². The number of benzene rings is 1. The zero-order chi connectivity index (χ0) is 13.7. The number of nitrogens with zero attached hydrogens (tertiary/aromatic N) is 1. The summed E-state index contributed by atoms with van der Waals surface area (Å²) >= 11 is 0. The predicted octanol–water partition coefficient (Wildman–Crippen LogP) is 1.41. The first-order valence-electron chi connectivity index (χ1n) is 5.38. The molecule has 0 radical (unpaired) electrons. The Morgan fingerprint density at radius 3 is 2.61 bits per heavy atom. The summed E-state index contributed by atoms with van der Waals surface area (Å²) in [6.45, 7) is 0.531. The number of aromatic carboxylic acids is 1. The van der Waals surface area contributed by atoms with E-state index in [0.29, 0.717) is 6.54 Å². The SMILES string of the molecule is CN(C)CCC(=O)Nc1cccc(F)c1C(=O)O. The van der Waals surface area contributed by atoms with Crippen molar-refractivity contribution >= 4 is 17.6 Å². The number of nitrogens with one attached hydrogen (secondary N) is 1. The van der Waals surface area contributed by atoms with Gasteiger partial charge in [-0.05, 0) is 26.2 Å². The van der Waals surface area contributed by atoms with Gasteiger partial charge in [0, 0.05) is 13.0 Å². The molecule has 1 rings (SSSR count). The molecule has 0 atom stereocenters. The van der Waals surface area contributed by atoms with Gasteiger partial charge < -0.3 is 15.3 Å². The van der Waals surface area contributed by atoms with Crippen molar-refractivity contribution in [2.75, 3.05) is 26.0 Å². The zero-order valence-electron chi connectivity index (χ0n) is 10.2. The number of carboxylic acid groups (broad SMARTS) is 1. The molecule has 6 heteroatoms. The Labute approximate surface area is 104 Å². The van der Waals surface area contributed by atoms with Crippen LogP contribution in [0, 0.1) is 5.82 Å². The number of carbonyl (C=O) groups is 2. The summed E-state index contributed by atoms with van der Waals surface area (Å²) in [4.78, 5) is 24.3. The molecule has 0 bridgehead atoms. The van der Waals surface area contributed by atoms with Gasteiger partial charge in [-0.25, -0.2) is 9.18 Å². The number of carbonyl (C=O) groups excluding carboxylic acids is 1. The molecule has 0 unspecified atom stereocenters. The molecule has 1 aromatic carbocycles. The summed E-state index contributed by atoms with van der Waals surface area (Å²) in [7, 11) is 3.64. The lowest BCUT2D eigenvalue weighted by Crippen LogP contribution is -2.22. The fourth-order valence-electron chi connectivity index (χ4n) is 1.38. The summed E-state index contributed by atoms with van der Waals surface area (Å²) in [5.74, 6) is -2.62. The van der Waals surface area contributed by atoms with E-state index in [9.17, 15) is 14.0 Å². The summed E-state index contributed by atoms with van der Waals surface area (Å²) in [5.41, 5.74) is -0.540. The molecule has 0 saturated carbocycles. The quantitative estimate of drug-likeness (QED) is 0.833. The van der Waals surface area contributed by atoms with Crippen molar-refractivity contribution < 1.29 is 19.1 Å². The molecule has 0 heterocycles. The fourth-order valence-corrected chi connectivity index (χ4v) is 1.38. The van der Waals surface area contributed by atoms with E-state index in [1.54, 1.807) is 0 Å². The fraction of sp³-hybridized carbons (Fsp3) is 0.333. The Morgan fingerprint density at radius 2 is 2.06 bits per heavy atom. The van der Waals surface area contributed by atoms with E-state index in [2.05, 4.69) is 5.32 Å². The van der Waals surface area contributed by atoms with Gasteiger partial charge in [-0.15, -0.1) is 0 Å². The van der Waals surface area contributed by atoms with Gasteiger partial charge >= 0.3 is 5.97 Å². The van der Waals surface area contributed by atoms with Crippen LogP contribution in [0.2, 0.25) is 0 Å². The van der Waals surface area contributed by atoms with Gasteiger partial charge in [0.05, 0.1) is 5.69 Å². The minimum Gasteiger partial charge on any atom is -0.478 e. The number of anilines is 1. The lowest BCUT2D eigenvalue weighted by molar-refractivity contribution is -0.116. The highest BCUT2D eigenvalue weighted by molar-refractivity contribution is 6.00. The second-order valence-corrected chi connectivity index (χ2v) is 4.07. The van der Waals surface area contributed by atoms with Gasteiger partial charge in [0.1, 0.15) is 11.4 Å². The van der Waals surface area contributed by atoms with Crippen molar-refractivity contribution in [3.8, 4) is 0 Å². The molecule has 0 aliphatic rings. The molecule has 2 N–H and O–H groups in total. The van der Waals surface area contributed by atoms with Gasteiger partial charge in [0.25, 0.3) is 0 Å². The summed E-state index contributed by atoms with van der Waals surface area (Å²) in [6, 6.07) is 3.75. The molecule has 5 nitrogen and oxygen atoms in total. The van der Waals surface area contributed by atoms with Gasteiger partial charge in [-0.1, -0.05) is 6.07 Å². The first-order chi connectivity index (χ1) is 8.41. The maximum Gasteiger partial charge on any atom is 0.340 e. The Hall–Kier alpha value is -1.95. The molecule has 0 saturated heterocycles. The van der Waals surface area contributed by atoms with Crippen molar-refractivity contribution in [1.29, 1.82) is 0 Å². The molecule has 0 fully saturated rings. The first-order valence-corrected chi connectivity index (χ1v) is 5.38. The molecule has 0 spiro atoms. The highest BCUT2D eigenvalue weighted by Crippen LogP contribution is 2.19. The van der Waals surface area contributed by atoms with E-state index in [1.807, 2.05) is 19.0 Å². The van der Waals surface area contributed by atoms with Crippen LogP contribution in [0.5, 0.6) is 0 Å². The van der Waals surface area contributed by atoms with Crippen molar-refractivity contribution in [3.63, 3.8) is 0 Å². The largest absolute Gasteiger partial charge is 0.478 e. The number of amides is 1. The number of hydrogen-bond acceptors (Lipinski definition) is 3. The molecule has 1 aromatic rings. The Bertz CT molecular complexity index is 461. The van der Waals surface area contributed by atoms with Crippen molar-refractivity contribution in [3.05, 3.63) is 29.6 Å². The van der Waals surface area contributed by atoms with Crippen LogP contribution < -0.4 is 5.32 Å². The molecule has 18 heavy (non-hydrogen) atoms. The average molecular weight is 254 g/mol. The highest BCUT2D eigenvalue weighted by atomic mass is 19.1. The van der Waals surface area contributed by atoms with Gasteiger partial charge in [0.15, 0.2) is 0 Å². The van der Waals surface area contributed by atoms with E-state index in [4.69, 9.17) is 5.11 Å². The van der Waals surface area contributed by atoms with Gasteiger partial charge in [-0.3, -0.25) is 4.79 Å². The van der Waals surface area contributed by atoms with Gasteiger partial charge in [-0.2, -0.15) is 0 Å². The van der Waals surface area contributed by atoms with Crippen molar-refractivity contribution in [2.24, 2.45) is 0 Å². The maximum atomic E-state index is 13.3. The average Bonchev–Trinajstić information content (AvgIpc) is 2.26. The minimum atomic E-state index is -1.41. The molecule has 0 aromatic heterocycles. The predicted molar refractivity (Wildman–Crippen MR) is 65.2 cm³/mol. The minimum absolute atomic E-state index is 0.0220. The summed E-state index contributed by atoms with van der Waals surface area (Å²) in [6.07, 6.45) is 0.211. The Morgan fingerprint density at radius 1 is 1.39 bits per heavy atom. The molecule has 0 aliphatic heterocycles. The monoisotopic (exact) mass is 254 g/mol. The zero-order valence-corrected chi connectivity index (χ0v) is 10.2. The van der Waals surface area contributed by atoms with Crippen LogP contribution in [0.25, 0.3) is 0 Å². The number of hydrogen-bond donors (Lipinski definition) is 2.